The molecule has 8 heteroatoms. The van der Waals surface area contributed by atoms with E-state index in [0.717, 1.165) is 5.69 Å². The minimum absolute atomic E-state index is 0.272. The Morgan fingerprint density at radius 1 is 1.27 bits per heavy atom. The zero-order valence-corrected chi connectivity index (χ0v) is 14.6. The molecule has 0 radical (unpaired) electrons. The summed E-state index contributed by atoms with van der Waals surface area (Å²) in [5.41, 5.74) is 2.07. The van der Waals surface area contributed by atoms with E-state index in [9.17, 15) is 9.18 Å². The molecule has 4 rings (SSSR count). The minimum Gasteiger partial charge on any atom is -0.305 e. The van der Waals surface area contributed by atoms with Crippen LogP contribution < -0.4 is 5.56 Å². The Hall–Kier alpha value is -3.13. The zero-order chi connectivity index (χ0) is 18.1. The first kappa shape index (κ1) is 16.3. The van der Waals surface area contributed by atoms with Crippen LogP contribution in [0.1, 0.15) is 11.3 Å². The first-order valence-electron chi connectivity index (χ1n) is 7.89. The van der Waals surface area contributed by atoms with Crippen molar-refractivity contribution >= 4 is 11.3 Å². The van der Waals surface area contributed by atoms with E-state index in [-0.39, 0.29) is 11.4 Å². The normalized spacial score (nSPS) is 11.0. The van der Waals surface area contributed by atoms with Crippen LogP contribution >= 0.6 is 11.3 Å². The summed E-state index contributed by atoms with van der Waals surface area (Å²) in [6.07, 6.45) is 3.14. The van der Waals surface area contributed by atoms with Crippen molar-refractivity contribution in [2.24, 2.45) is 0 Å². The first-order valence-corrected chi connectivity index (χ1v) is 8.77. The number of aromatic nitrogens is 5. The lowest BCUT2D eigenvalue weighted by Gasteiger charge is -2.05. The highest BCUT2D eigenvalue weighted by molar-refractivity contribution is 7.13. The van der Waals surface area contributed by atoms with Gasteiger partial charge in [0, 0.05) is 29.0 Å². The van der Waals surface area contributed by atoms with Crippen LogP contribution in [0, 0.1) is 12.7 Å². The number of halogens is 1. The molecule has 0 aliphatic rings. The van der Waals surface area contributed by atoms with Crippen molar-refractivity contribution in [2.45, 2.75) is 13.5 Å². The van der Waals surface area contributed by atoms with E-state index in [1.165, 1.54) is 23.6 Å². The highest BCUT2D eigenvalue weighted by Gasteiger charge is 2.13. The van der Waals surface area contributed by atoms with Gasteiger partial charge in [-0.2, -0.15) is 5.10 Å². The van der Waals surface area contributed by atoms with Crippen LogP contribution in [-0.4, -0.2) is 24.7 Å². The summed E-state index contributed by atoms with van der Waals surface area (Å²) in [5.74, 6) is 0.0916. The highest BCUT2D eigenvalue weighted by Crippen LogP contribution is 2.20. The molecule has 0 saturated carbocycles. The van der Waals surface area contributed by atoms with E-state index in [1.807, 2.05) is 13.0 Å². The van der Waals surface area contributed by atoms with E-state index in [0.29, 0.717) is 34.2 Å². The van der Waals surface area contributed by atoms with Crippen LogP contribution in [0.2, 0.25) is 0 Å². The maximum atomic E-state index is 13.9. The van der Waals surface area contributed by atoms with E-state index in [4.69, 9.17) is 0 Å². The summed E-state index contributed by atoms with van der Waals surface area (Å²) in [6, 6.07) is 8.39. The topological polar surface area (TPSA) is 76.5 Å². The molecule has 0 unspecified atom stereocenters. The van der Waals surface area contributed by atoms with Crippen LogP contribution in [0.25, 0.3) is 22.1 Å². The van der Waals surface area contributed by atoms with Gasteiger partial charge in [0.15, 0.2) is 5.82 Å². The van der Waals surface area contributed by atoms with Gasteiger partial charge in [0.1, 0.15) is 16.5 Å². The van der Waals surface area contributed by atoms with E-state index >= 15 is 0 Å². The average molecular weight is 367 g/mol. The Kier molecular flexibility index (Phi) is 4.18. The Morgan fingerprint density at radius 2 is 2.12 bits per heavy atom. The number of rotatable bonds is 4. The van der Waals surface area contributed by atoms with Gasteiger partial charge < -0.3 is 4.98 Å². The lowest BCUT2D eigenvalue weighted by Crippen LogP contribution is -2.11. The molecule has 0 amide bonds. The van der Waals surface area contributed by atoms with E-state index in [1.54, 1.807) is 34.5 Å². The molecule has 0 spiro atoms. The number of nitrogens with zero attached hydrogens (tertiary/aromatic N) is 4. The van der Waals surface area contributed by atoms with Crippen molar-refractivity contribution in [1.82, 2.24) is 24.7 Å². The van der Waals surface area contributed by atoms with Crippen molar-refractivity contribution in [2.75, 3.05) is 0 Å². The molecule has 0 aliphatic heterocycles. The number of aromatic amines is 1. The summed E-state index contributed by atoms with van der Waals surface area (Å²) in [4.78, 5) is 23.5. The third-order valence-electron chi connectivity index (χ3n) is 3.96. The van der Waals surface area contributed by atoms with Crippen LogP contribution in [-0.2, 0) is 6.54 Å². The van der Waals surface area contributed by atoms with Gasteiger partial charge in [0.2, 0.25) is 0 Å². The number of aryl methyl sites for hydroxylation is 1. The summed E-state index contributed by atoms with van der Waals surface area (Å²) >= 11 is 1.37. The molecule has 26 heavy (non-hydrogen) atoms. The number of nitrogens with one attached hydrogen (secondary N) is 1. The van der Waals surface area contributed by atoms with Gasteiger partial charge in [-0.05, 0) is 19.1 Å². The fraction of sp³-hybridized carbons (Fsp3) is 0.111. The third kappa shape index (κ3) is 3.06. The maximum absolute atomic E-state index is 13.9. The fourth-order valence-corrected chi connectivity index (χ4v) is 3.25. The molecule has 0 aliphatic carbocycles. The largest absolute Gasteiger partial charge is 0.305 e. The predicted octanol–water partition coefficient (Wildman–Crippen LogP) is 3.25. The van der Waals surface area contributed by atoms with Gasteiger partial charge >= 0.3 is 0 Å². The standard InChI is InChI=1S/C18H14FN5OS/c1-11-8-15(23-24(11)10-12-4-2-3-5-14(12)19)16-21-9-13(17(25)22-16)18-20-6-7-26-18/h2-9H,10H2,1H3,(H,21,22,25). The van der Waals surface area contributed by atoms with Crippen LogP contribution in [0.4, 0.5) is 4.39 Å². The first-order chi connectivity index (χ1) is 12.6. The highest BCUT2D eigenvalue weighted by atomic mass is 32.1. The number of benzene rings is 1. The molecule has 3 heterocycles. The molecule has 0 bridgehead atoms. The van der Waals surface area contributed by atoms with Gasteiger partial charge in [-0.15, -0.1) is 11.3 Å². The monoisotopic (exact) mass is 367 g/mol. The second kappa shape index (κ2) is 6.64. The molecule has 130 valence electrons. The lowest BCUT2D eigenvalue weighted by molar-refractivity contribution is 0.580. The maximum Gasteiger partial charge on any atom is 0.261 e. The quantitative estimate of drug-likeness (QED) is 0.601. The lowest BCUT2D eigenvalue weighted by atomic mass is 10.2. The Morgan fingerprint density at radius 3 is 2.85 bits per heavy atom. The summed E-state index contributed by atoms with van der Waals surface area (Å²) in [6.45, 7) is 2.18. The van der Waals surface area contributed by atoms with Gasteiger partial charge in [0.25, 0.3) is 5.56 Å². The van der Waals surface area contributed by atoms with Gasteiger partial charge in [0.05, 0.1) is 12.1 Å². The van der Waals surface area contributed by atoms with Gasteiger partial charge in [-0.3, -0.25) is 9.48 Å². The fourth-order valence-electron chi connectivity index (χ4n) is 2.61. The molecule has 1 aromatic carbocycles. The molecule has 3 aromatic heterocycles. The van der Waals surface area contributed by atoms with Crippen LogP contribution in [0.5, 0.6) is 0 Å². The summed E-state index contributed by atoms with van der Waals surface area (Å²) < 4.78 is 15.5. The van der Waals surface area contributed by atoms with Crippen molar-refractivity contribution in [3.8, 4) is 22.1 Å². The van der Waals surface area contributed by atoms with Crippen LogP contribution in [0.3, 0.4) is 0 Å². The molecule has 0 fully saturated rings. The number of H-pyrrole nitrogens is 1. The van der Waals surface area contributed by atoms with Crippen molar-refractivity contribution < 1.29 is 4.39 Å². The Balaban J connectivity index is 1.66. The molecular weight excluding hydrogens is 353 g/mol. The number of thiazole rings is 1. The zero-order valence-electron chi connectivity index (χ0n) is 13.8. The minimum atomic E-state index is -0.275. The van der Waals surface area contributed by atoms with Crippen LogP contribution in [0.15, 0.2) is 52.9 Å². The smallest absolute Gasteiger partial charge is 0.261 e. The van der Waals surface area contributed by atoms with E-state index < -0.39 is 0 Å². The molecule has 0 atom stereocenters. The Bertz CT molecular complexity index is 1120. The summed E-state index contributed by atoms with van der Waals surface area (Å²) in [5, 5.41) is 6.87. The van der Waals surface area contributed by atoms with Crippen molar-refractivity contribution in [1.29, 1.82) is 0 Å². The number of hydrogen-bond acceptors (Lipinski definition) is 5. The van der Waals surface area contributed by atoms with Gasteiger partial charge in [-0.25, -0.2) is 14.4 Å². The SMILES string of the molecule is Cc1cc(-c2ncc(-c3nccs3)c(=O)[nH]2)nn1Cc1ccccc1F. The third-order valence-corrected chi connectivity index (χ3v) is 4.77. The van der Waals surface area contributed by atoms with Gasteiger partial charge in [-0.1, -0.05) is 18.2 Å². The van der Waals surface area contributed by atoms with Crippen molar-refractivity contribution in [3.63, 3.8) is 0 Å². The average Bonchev–Trinajstić information content (AvgIpc) is 3.27. The molecular formula is C18H14FN5OS. The summed E-state index contributed by atoms with van der Waals surface area (Å²) in [7, 11) is 0. The predicted molar refractivity (Wildman–Crippen MR) is 97.4 cm³/mol. The molecule has 4 aromatic rings. The molecule has 6 nitrogen and oxygen atoms in total. The van der Waals surface area contributed by atoms with Crippen molar-refractivity contribution in [3.05, 3.63) is 75.5 Å². The molecule has 0 saturated heterocycles. The second-order valence-corrected chi connectivity index (χ2v) is 6.63. The molecule has 1 N–H and O–H groups in total. The second-order valence-electron chi connectivity index (χ2n) is 5.73. The number of hydrogen-bond donors (Lipinski definition) is 1. The Labute approximate surface area is 152 Å². The van der Waals surface area contributed by atoms with E-state index in [2.05, 4.69) is 20.1 Å².